The van der Waals surface area contributed by atoms with Crippen LogP contribution in [-0.4, -0.2) is 43.4 Å². The maximum absolute atomic E-state index is 8.82. The first kappa shape index (κ1) is 15.5. The Morgan fingerprint density at radius 2 is 1.95 bits per heavy atom. The van der Waals surface area contributed by atoms with Crippen LogP contribution in [0.15, 0.2) is 24.3 Å². The molecule has 4 nitrogen and oxygen atoms in total. The molecule has 4 heteroatoms. The Labute approximate surface area is 132 Å². The Morgan fingerprint density at radius 1 is 1.18 bits per heavy atom. The molecule has 0 radical (unpaired) electrons. The molecule has 2 saturated heterocycles. The van der Waals surface area contributed by atoms with Crippen LogP contribution in [0.2, 0.25) is 0 Å². The summed E-state index contributed by atoms with van der Waals surface area (Å²) in [5, 5.41) is 8.82. The second-order valence-corrected chi connectivity index (χ2v) is 6.25. The van der Waals surface area contributed by atoms with Crippen molar-refractivity contribution in [3.63, 3.8) is 0 Å². The van der Waals surface area contributed by atoms with Crippen molar-refractivity contribution in [3.05, 3.63) is 35.4 Å². The highest BCUT2D eigenvalue weighted by molar-refractivity contribution is 5.31. The van der Waals surface area contributed by atoms with E-state index in [1.54, 1.807) is 0 Å². The number of benzene rings is 1. The van der Waals surface area contributed by atoms with E-state index in [1.807, 2.05) is 12.1 Å². The van der Waals surface area contributed by atoms with Gasteiger partial charge in [0.15, 0.2) is 0 Å². The number of ether oxygens (including phenoxy) is 2. The number of nitrogens with zero attached hydrogens (tertiary/aromatic N) is 2. The van der Waals surface area contributed by atoms with Gasteiger partial charge in [-0.3, -0.25) is 4.90 Å². The van der Waals surface area contributed by atoms with Crippen LogP contribution in [0, 0.1) is 11.3 Å². The van der Waals surface area contributed by atoms with Crippen LogP contribution in [0.4, 0.5) is 0 Å². The molecule has 0 spiro atoms. The van der Waals surface area contributed by atoms with Gasteiger partial charge in [-0.25, -0.2) is 0 Å². The topological polar surface area (TPSA) is 45.5 Å². The fourth-order valence-electron chi connectivity index (χ4n) is 3.20. The van der Waals surface area contributed by atoms with Gasteiger partial charge in [0.25, 0.3) is 0 Å². The molecule has 0 aromatic heterocycles. The molecule has 2 aliphatic rings. The molecule has 3 rings (SSSR count). The van der Waals surface area contributed by atoms with Crippen LogP contribution in [0.25, 0.3) is 0 Å². The summed E-state index contributed by atoms with van der Waals surface area (Å²) in [7, 11) is 0. The van der Waals surface area contributed by atoms with Gasteiger partial charge in [0.2, 0.25) is 0 Å². The van der Waals surface area contributed by atoms with Crippen molar-refractivity contribution in [2.45, 2.75) is 44.4 Å². The lowest BCUT2D eigenvalue weighted by Gasteiger charge is -2.32. The fourth-order valence-corrected chi connectivity index (χ4v) is 3.20. The van der Waals surface area contributed by atoms with Crippen LogP contribution in [0.3, 0.4) is 0 Å². The molecule has 22 heavy (non-hydrogen) atoms. The molecular weight excluding hydrogens is 276 g/mol. The van der Waals surface area contributed by atoms with E-state index in [9.17, 15) is 0 Å². The third kappa shape index (κ3) is 4.30. The minimum absolute atomic E-state index is 0.330. The molecule has 2 aliphatic heterocycles. The van der Waals surface area contributed by atoms with E-state index in [1.165, 1.54) is 12.0 Å². The van der Waals surface area contributed by atoms with Crippen molar-refractivity contribution < 1.29 is 9.47 Å². The molecule has 0 amide bonds. The van der Waals surface area contributed by atoms with Crippen molar-refractivity contribution >= 4 is 0 Å². The predicted molar refractivity (Wildman–Crippen MR) is 84.4 cm³/mol. The molecule has 2 fully saturated rings. The zero-order chi connectivity index (χ0) is 15.2. The first-order valence-electron chi connectivity index (χ1n) is 8.28. The van der Waals surface area contributed by atoms with E-state index in [0.29, 0.717) is 12.2 Å². The zero-order valence-corrected chi connectivity index (χ0v) is 13.0. The second-order valence-electron chi connectivity index (χ2n) is 6.25. The normalized spacial score (nSPS) is 23.5. The zero-order valence-electron chi connectivity index (χ0n) is 13.0. The average Bonchev–Trinajstić information content (AvgIpc) is 3.08. The van der Waals surface area contributed by atoms with E-state index >= 15 is 0 Å². The molecule has 1 aromatic carbocycles. The molecule has 0 N–H and O–H groups in total. The first-order valence-corrected chi connectivity index (χ1v) is 8.28. The highest BCUT2D eigenvalue weighted by atomic mass is 16.5. The maximum Gasteiger partial charge on any atom is 0.0991 e. The van der Waals surface area contributed by atoms with E-state index in [0.717, 1.165) is 57.7 Å². The summed E-state index contributed by atoms with van der Waals surface area (Å²) in [6.07, 6.45) is 5.25. The lowest BCUT2D eigenvalue weighted by molar-refractivity contribution is -0.0426. The highest BCUT2D eigenvalue weighted by Crippen LogP contribution is 2.19. The molecule has 0 bridgehead atoms. The lowest BCUT2D eigenvalue weighted by Crippen LogP contribution is -2.37. The van der Waals surface area contributed by atoms with Gasteiger partial charge >= 0.3 is 0 Å². The molecule has 1 aromatic rings. The molecule has 1 atom stereocenters. The first-order chi connectivity index (χ1) is 10.8. The van der Waals surface area contributed by atoms with Gasteiger partial charge < -0.3 is 9.47 Å². The molecule has 0 saturated carbocycles. The predicted octanol–water partition coefficient (Wildman–Crippen LogP) is 2.72. The van der Waals surface area contributed by atoms with Crippen molar-refractivity contribution in [3.8, 4) is 6.07 Å². The Kier molecular flexibility index (Phi) is 5.44. The van der Waals surface area contributed by atoms with Crippen molar-refractivity contribution in [2.24, 2.45) is 0 Å². The largest absolute Gasteiger partial charge is 0.376 e. The number of rotatable bonds is 5. The number of hydrogen-bond donors (Lipinski definition) is 0. The molecule has 2 heterocycles. The summed E-state index contributed by atoms with van der Waals surface area (Å²) in [6.45, 7) is 4.79. The van der Waals surface area contributed by atoms with E-state index < -0.39 is 0 Å². The Bertz CT molecular complexity index is 495. The van der Waals surface area contributed by atoms with E-state index in [2.05, 4.69) is 23.1 Å². The van der Waals surface area contributed by atoms with Crippen LogP contribution in [0.1, 0.15) is 36.8 Å². The number of likely N-dealkylation sites (tertiary alicyclic amines) is 1. The molecule has 0 aliphatic carbocycles. The standard InChI is InChI=1S/C18H24N2O2/c19-12-15-3-5-16(6-4-15)13-20-9-7-17(8-10-20)22-14-18-2-1-11-21-18/h3-6,17-18H,1-2,7-11,13-14H2/t18-/m0/s1. The number of piperidine rings is 1. The minimum atomic E-state index is 0.330. The van der Waals surface area contributed by atoms with Crippen molar-refractivity contribution in [1.29, 1.82) is 5.26 Å². The SMILES string of the molecule is N#Cc1ccc(CN2CCC(OC[C@@H]3CCCO3)CC2)cc1. The highest BCUT2D eigenvalue weighted by Gasteiger charge is 2.22. The van der Waals surface area contributed by atoms with Gasteiger partial charge in [-0.1, -0.05) is 12.1 Å². The summed E-state index contributed by atoms with van der Waals surface area (Å²) in [4.78, 5) is 2.47. The third-order valence-electron chi connectivity index (χ3n) is 4.57. The van der Waals surface area contributed by atoms with Gasteiger partial charge in [-0.15, -0.1) is 0 Å². The summed E-state index contributed by atoms with van der Waals surface area (Å²) < 4.78 is 11.6. The summed E-state index contributed by atoms with van der Waals surface area (Å²) in [6, 6.07) is 10.1. The summed E-state index contributed by atoms with van der Waals surface area (Å²) >= 11 is 0. The maximum atomic E-state index is 8.82. The molecule has 0 unspecified atom stereocenters. The van der Waals surface area contributed by atoms with Crippen molar-refractivity contribution in [1.82, 2.24) is 4.90 Å². The van der Waals surface area contributed by atoms with Gasteiger partial charge in [0.05, 0.1) is 30.4 Å². The third-order valence-corrected chi connectivity index (χ3v) is 4.57. The van der Waals surface area contributed by atoms with Crippen LogP contribution >= 0.6 is 0 Å². The smallest absolute Gasteiger partial charge is 0.0991 e. The van der Waals surface area contributed by atoms with Crippen LogP contribution < -0.4 is 0 Å². The van der Waals surface area contributed by atoms with Gasteiger partial charge in [0, 0.05) is 26.2 Å². The Morgan fingerprint density at radius 3 is 2.59 bits per heavy atom. The number of hydrogen-bond acceptors (Lipinski definition) is 4. The lowest BCUT2D eigenvalue weighted by atomic mass is 10.1. The quantitative estimate of drug-likeness (QED) is 0.839. The number of nitriles is 1. The summed E-state index contributed by atoms with van der Waals surface area (Å²) in [5.74, 6) is 0. The second kappa shape index (κ2) is 7.73. The van der Waals surface area contributed by atoms with Gasteiger partial charge in [0.1, 0.15) is 0 Å². The molecular formula is C18H24N2O2. The van der Waals surface area contributed by atoms with Crippen molar-refractivity contribution in [2.75, 3.05) is 26.3 Å². The summed E-state index contributed by atoms with van der Waals surface area (Å²) in [5.41, 5.74) is 2.00. The minimum Gasteiger partial charge on any atom is -0.376 e. The van der Waals surface area contributed by atoms with Gasteiger partial charge in [-0.05, 0) is 43.4 Å². The monoisotopic (exact) mass is 300 g/mol. The van der Waals surface area contributed by atoms with E-state index in [4.69, 9.17) is 14.7 Å². The fraction of sp³-hybridized carbons (Fsp3) is 0.611. The average molecular weight is 300 g/mol. The Balaban J connectivity index is 1.38. The molecule has 118 valence electrons. The van der Waals surface area contributed by atoms with Gasteiger partial charge in [-0.2, -0.15) is 5.26 Å². The van der Waals surface area contributed by atoms with Crippen LogP contribution in [0.5, 0.6) is 0 Å². The Hall–Kier alpha value is -1.41. The van der Waals surface area contributed by atoms with Crippen LogP contribution in [-0.2, 0) is 16.0 Å². The van der Waals surface area contributed by atoms with E-state index in [-0.39, 0.29) is 0 Å².